The first kappa shape index (κ1) is 21.8. The van der Waals surface area contributed by atoms with E-state index in [9.17, 15) is 14.0 Å². The van der Waals surface area contributed by atoms with Crippen molar-refractivity contribution < 1.29 is 23.1 Å². The van der Waals surface area contributed by atoms with E-state index in [-0.39, 0.29) is 28.4 Å². The van der Waals surface area contributed by atoms with Crippen LogP contribution in [0.3, 0.4) is 0 Å². The standard InChI is InChI=1S/C15H15BrFN7O5S/c1-2-27-14(25)23-30-19-6-5-18-12-11(20-29-21-12)13-22-28-15(26)24(13)8-3-4-10(17)9(16)7-8/h3-4,7,19H,2,5-6H2,1H3,(H,18,21)(H,23,25). The molecule has 0 aliphatic heterocycles. The van der Waals surface area contributed by atoms with Crippen molar-refractivity contribution in [3.8, 4) is 17.2 Å². The SMILES string of the molecule is CCOC(=O)NSNCCNc1nonc1-c1noc(=O)n1-c1ccc(F)c(Br)c1. The van der Waals surface area contributed by atoms with E-state index in [4.69, 9.17) is 13.9 Å². The Hall–Kier alpha value is -2.91. The fourth-order valence-corrected chi connectivity index (χ4v) is 3.01. The van der Waals surface area contributed by atoms with E-state index >= 15 is 0 Å². The molecule has 0 spiro atoms. The number of carbonyl (C=O) groups excluding carboxylic acids is 1. The van der Waals surface area contributed by atoms with Gasteiger partial charge in [0.1, 0.15) is 5.82 Å². The van der Waals surface area contributed by atoms with Gasteiger partial charge in [-0.05, 0) is 51.4 Å². The molecular weight excluding hydrogens is 489 g/mol. The Balaban J connectivity index is 1.67. The normalized spacial score (nSPS) is 10.8. The molecule has 3 aromatic rings. The van der Waals surface area contributed by atoms with Gasteiger partial charge in [-0.3, -0.25) is 9.25 Å². The lowest BCUT2D eigenvalue weighted by Crippen LogP contribution is -2.25. The number of benzene rings is 1. The van der Waals surface area contributed by atoms with E-state index in [1.165, 1.54) is 18.2 Å². The molecule has 160 valence electrons. The summed E-state index contributed by atoms with van der Waals surface area (Å²) in [6.07, 6.45) is -0.553. The molecule has 0 bridgehead atoms. The van der Waals surface area contributed by atoms with Crippen LogP contribution in [-0.4, -0.2) is 45.8 Å². The minimum absolute atomic E-state index is 0.0218. The highest BCUT2D eigenvalue weighted by atomic mass is 79.9. The highest BCUT2D eigenvalue weighted by molar-refractivity contribution is 9.10. The first-order valence-electron chi connectivity index (χ1n) is 8.43. The Morgan fingerprint density at radius 3 is 2.93 bits per heavy atom. The van der Waals surface area contributed by atoms with Gasteiger partial charge in [0.25, 0.3) is 0 Å². The third kappa shape index (κ3) is 5.17. The first-order chi connectivity index (χ1) is 14.5. The van der Waals surface area contributed by atoms with E-state index in [1.807, 2.05) is 0 Å². The largest absolute Gasteiger partial charge is 0.449 e. The van der Waals surface area contributed by atoms with E-state index in [2.05, 4.69) is 46.2 Å². The van der Waals surface area contributed by atoms with Crippen LogP contribution in [0.1, 0.15) is 6.92 Å². The first-order valence-corrected chi connectivity index (χ1v) is 10.0. The summed E-state index contributed by atoms with van der Waals surface area (Å²) in [6.45, 7) is 2.76. The van der Waals surface area contributed by atoms with Crippen LogP contribution >= 0.6 is 28.1 Å². The number of nitrogens with zero attached hydrogens (tertiary/aromatic N) is 4. The van der Waals surface area contributed by atoms with Gasteiger partial charge >= 0.3 is 11.8 Å². The predicted molar refractivity (Wildman–Crippen MR) is 107 cm³/mol. The molecule has 15 heteroatoms. The average Bonchev–Trinajstić information content (AvgIpc) is 3.33. The molecule has 2 aromatic heterocycles. The number of ether oxygens (including phenoxy) is 1. The maximum Gasteiger partial charge on any atom is 0.446 e. The zero-order valence-corrected chi connectivity index (χ0v) is 17.8. The van der Waals surface area contributed by atoms with Crippen LogP contribution in [-0.2, 0) is 4.74 Å². The van der Waals surface area contributed by atoms with Crippen LogP contribution in [0.2, 0.25) is 0 Å². The van der Waals surface area contributed by atoms with E-state index in [0.29, 0.717) is 18.8 Å². The Morgan fingerprint density at radius 2 is 2.17 bits per heavy atom. The number of amides is 1. The molecule has 0 saturated heterocycles. The van der Waals surface area contributed by atoms with Gasteiger partial charge < -0.3 is 10.1 Å². The molecule has 3 N–H and O–H groups in total. The van der Waals surface area contributed by atoms with Gasteiger partial charge in [0.05, 0.1) is 16.8 Å². The van der Waals surface area contributed by atoms with Crippen molar-refractivity contribution in [2.45, 2.75) is 6.92 Å². The summed E-state index contributed by atoms with van der Waals surface area (Å²) in [7, 11) is 0. The van der Waals surface area contributed by atoms with Crippen molar-refractivity contribution in [3.05, 3.63) is 39.0 Å². The molecule has 0 fully saturated rings. The lowest BCUT2D eigenvalue weighted by Gasteiger charge is -2.07. The maximum absolute atomic E-state index is 13.5. The number of nitrogens with one attached hydrogen (secondary N) is 3. The molecule has 0 unspecified atom stereocenters. The molecular formula is C15H15BrFN7O5S. The Kier molecular flexibility index (Phi) is 7.42. The van der Waals surface area contributed by atoms with E-state index < -0.39 is 17.7 Å². The maximum atomic E-state index is 13.5. The highest BCUT2D eigenvalue weighted by Crippen LogP contribution is 2.25. The van der Waals surface area contributed by atoms with Gasteiger partial charge in [0.15, 0.2) is 5.69 Å². The van der Waals surface area contributed by atoms with Gasteiger partial charge in [-0.2, -0.15) is 0 Å². The third-order valence-electron chi connectivity index (χ3n) is 3.47. The van der Waals surface area contributed by atoms with Gasteiger partial charge in [0, 0.05) is 25.2 Å². The van der Waals surface area contributed by atoms with Gasteiger partial charge in [-0.15, -0.1) is 0 Å². The van der Waals surface area contributed by atoms with Crippen molar-refractivity contribution in [1.29, 1.82) is 0 Å². The fourth-order valence-electron chi connectivity index (χ4n) is 2.22. The summed E-state index contributed by atoms with van der Waals surface area (Å²) < 4.78 is 34.3. The molecule has 12 nitrogen and oxygen atoms in total. The molecule has 0 atom stereocenters. The minimum Gasteiger partial charge on any atom is -0.449 e. The third-order valence-corrected chi connectivity index (χ3v) is 4.69. The number of hydrogen-bond donors (Lipinski definition) is 3. The van der Waals surface area contributed by atoms with Crippen LogP contribution < -0.4 is 20.5 Å². The van der Waals surface area contributed by atoms with E-state index in [0.717, 1.165) is 16.7 Å². The van der Waals surface area contributed by atoms with Gasteiger partial charge in [0.2, 0.25) is 11.6 Å². The van der Waals surface area contributed by atoms with Gasteiger partial charge in [-0.1, -0.05) is 5.16 Å². The fraction of sp³-hybridized carbons (Fsp3) is 0.267. The number of anilines is 1. The lowest BCUT2D eigenvalue weighted by molar-refractivity contribution is 0.159. The Bertz CT molecular complexity index is 1070. The molecule has 0 saturated carbocycles. The topological polar surface area (TPSA) is 149 Å². The van der Waals surface area contributed by atoms with Crippen molar-refractivity contribution >= 4 is 40.0 Å². The summed E-state index contributed by atoms with van der Waals surface area (Å²) in [5, 5.41) is 14.2. The summed E-state index contributed by atoms with van der Waals surface area (Å²) in [4.78, 5) is 23.3. The second-order valence-corrected chi connectivity index (χ2v) is 6.96. The zero-order chi connectivity index (χ0) is 21.5. The number of aromatic nitrogens is 4. The molecule has 2 heterocycles. The summed E-state index contributed by atoms with van der Waals surface area (Å²) in [6, 6.07) is 3.98. The van der Waals surface area contributed by atoms with Crippen molar-refractivity contribution in [3.63, 3.8) is 0 Å². The number of halogens is 2. The molecule has 1 aromatic carbocycles. The van der Waals surface area contributed by atoms with Crippen molar-refractivity contribution in [2.24, 2.45) is 0 Å². The average molecular weight is 504 g/mol. The minimum atomic E-state index is -0.791. The number of hydrogen-bond acceptors (Lipinski definition) is 11. The molecule has 30 heavy (non-hydrogen) atoms. The summed E-state index contributed by atoms with van der Waals surface area (Å²) in [5.41, 5.74) is 0.431. The molecule has 0 aliphatic carbocycles. The quantitative estimate of drug-likeness (QED) is 0.290. The van der Waals surface area contributed by atoms with Crippen molar-refractivity contribution in [1.82, 2.24) is 29.5 Å². The van der Waals surface area contributed by atoms with E-state index in [1.54, 1.807) is 6.92 Å². The molecule has 3 rings (SSSR count). The number of rotatable bonds is 9. The lowest BCUT2D eigenvalue weighted by atomic mass is 10.3. The number of carbonyl (C=O) groups is 1. The monoisotopic (exact) mass is 503 g/mol. The second-order valence-electron chi connectivity index (χ2n) is 5.41. The van der Waals surface area contributed by atoms with Crippen LogP contribution in [0.15, 0.2) is 36.6 Å². The highest BCUT2D eigenvalue weighted by Gasteiger charge is 2.23. The predicted octanol–water partition coefficient (Wildman–Crippen LogP) is 2.09. The Labute approximate surface area is 180 Å². The van der Waals surface area contributed by atoms with Crippen molar-refractivity contribution in [2.75, 3.05) is 25.0 Å². The second kappa shape index (κ2) is 10.2. The van der Waals surface area contributed by atoms with Crippen LogP contribution in [0, 0.1) is 5.82 Å². The Morgan fingerprint density at radius 1 is 1.33 bits per heavy atom. The summed E-state index contributed by atoms with van der Waals surface area (Å²) in [5.74, 6) is -1.05. The zero-order valence-electron chi connectivity index (χ0n) is 15.3. The molecule has 1 amide bonds. The molecule has 0 radical (unpaired) electrons. The van der Waals surface area contributed by atoms with Crippen LogP contribution in [0.4, 0.5) is 15.0 Å². The smallest absolute Gasteiger partial charge is 0.446 e. The van der Waals surface area contributed by atoms with Crippen LogP contribution in [0.25, 0.3) is 17.2 Å². The van der Waals surface area contributed by atoms with Gasteiger partial charge in [-0.25, -0.2) is 27.9 Å². The summed E-state index contributed by atoms with van der Waals surface area (Å²) >= 11 is 4.04. The van der Waals surface area contributed by atoms with Crippen LogP contribution in [0.5, 0.6) is 0 Å². The molecule has 0 aliphatic rings.